The lowest BCUT2D eigenvalue weighted by molar-refractivity contribution is 0.376. The van der Waals surface area contributed by atoms with Crippen LogP contribution >= 0.6 is 0 Å². The molecule has 9 rings (SSSR count). The van der Waals surface area contributed by atoms with Gasteiger partial charge in [0, 0.05) is 72.2 Å². The maximum absolute atomic E-state index is 15.8. The van der Waals surface area contributed by atoms with E-state index in [4.69, 9.17) is 5.73 Å². The maximum Gasteiger partial charge on any atom is 0.200 e. The molecule has 1 aliphatic heterocycles. The molecule has 0 unspecified atom stereocenters. The molecule has 324 valence electrons. The third kappa shape index (κ3) is 6.14. The van der Waals surface area contributed by atoms with E-state index in [2.05, 4.69) is 19.9 Å². The highest BCUT2D eigenvalue weighted by molar-refractivity contribution is 5.85. The second-order valence-corrected chi connectivity index (χ2v) is 14.1. The van der Waals surface area contributed by atoms with Gasteiger partial charge in [0.25, 0.3) is 0 Å². The smallest absolute Gasteiger partial charge is 0.200 e. The van der Waals surface area contributed by atoms with Gasteiger partial charge in [-0.05, 0) is 66.2 Å². The molecule has 8 bridgehead atoms. The first-order valence-corrected chi connectivity index (χ1v) is 18.1. The van der Waals surface area contributed by atoms with E-state index in [9.17, 15) is 39.5 Å². The first kappa shape index (κ1) is 41.6. The normalized spacial score (nSPS) is 12.9. The Bertz CT molecular complexity index is 3490. The number of nitrogen functional groups attached to an aromatic ring is 1. The Morgan fingerprint density at radius 1 is 0.250 bits per heavy atom. The van der Waals surface area contributed by atoms with E-state index in [1.54, 1.807) is 0 Å². The molecule has 0 saturated carbocycles. The number of hydrogen-bond acceptors (Lipinski definition) is 1. The quantitative estimate of drug-likeness (QED) is 0.0528. The van der Waals surface area contributed by atoms with Crippen molar-refractivity contribution < 1.29 is 65.9 Å². The summed E-state index contributed by atoms with van der Waals surface area (Å²) in [6.45, 7) is 0. The van der Waals surface area contributed by atoms with Gasteiger partial charge in [-0.3, -0.25) is 0 Å². The molecule has 4 aromatic heterocycles. The monoisotopic (exact) mass is 901 g/mol. The number of halogens is 15. The minimum atomic E-state index is -2.60. The van der Waals surface area contributed by atoms with Crippen molar-refractivity contribution in [1.82, 2.24) is 19.9 Å². The molecule has 20 heteroatoms. The lowest BCUT2D eigenvalue weighted by Gasteiger charge is -2.13. The van der Waals surface area contributed by atoms with Crippen LogP contribution in [0.2, 0.25) is 0 Å². The third-order valence-electron chi connectivity index (χ3n) is 10.5. The van der Waals surface area contributed by atoms with Gasteiger partial charge < -0.3 is 25.7 Å². The summed E-state index contributed by atoms with van der Waals surface area (Å²) in [5.41, 5.74) is -2.67. The fraction of sp³-hybridized carbons (Fsp3) is 0. The van der Waals surface area contributed by atoms with E-state index in [1.807, 2.05) is 0 Å². The van der Waals surface area contributed by atoms with Crippen LogP contribution in [0.1, 0.15) is 45.0 Å². The average Bonchev–Trinajstić information content (AvgIpc) is 4.14. The number of nitrogens with one attached hydrogen (secondary N) is 4. The molecule has 6 N–H and O–H groups in total. The van der Waals surface area contributed by atoms with Gasteiger partial charge in [0.2, 0.25) is 17.5 Å². The summed E-state index contributed by atoms with van der Waals surface area (Å²) in [4.78, 5) is 10.6. The molecule has 0 fully saturated rings. The molecular formula is C44H18F15N5. The topological polar surface area (TPSA) is 89.2 Å². The number of anilines is 1. The lowest BCUT2D eigenvalue weighted by Crippen LogP contribution is -2.22. The zero-order valence-electron chi connectivity index (χ0n) is 31.2. The largest absolute Gasteiger partial charge is 0.399 e. The lowest BCUT2D eigenvalue weighted by atomic mass is 10.00. The summed E-state index contributed by atoms with van der Waals surface area (Å²) in [6, 6.07) is 14.1. The summed E-state index contributed by atoms with van der Waals surface area (Å²) in [6.07, 6.45) is 0. The van der Waals surface area contributed by atoms with Crippen molar-refractivity contribution in [2.75, 3.05) is 5.73 Å². The van der Waals surface area contributed by atoms with Crippen molar-refractivity contribution in [3.8, 4) is 0 Å². The molecule has 64 heavy (non-hydrogen) atoms. The highest BCUT2D eigenvalue weighted by Gasteiger charge is 2.34. The van der Waals surface area contributed by atoms with E-state index < -0.39 is 154 Å². The number of H-pyrrole nitrogens is 4. The molecule has 0 radical (unpaired) electrons. The summed E-state index contributed by atoms with van der Waals surface area (Å²) in [5, 5.41) is -1.74. The number of rotatable bonds is 4. The van der Waals surface area contributed by atoms with Crippen molar-refractivity contribution in [2.45, 2.75) is 0 Å². The van der Waals surface area contributed by atoms with Gasteiger partial charge in [-0.1, -0.05) is 12.1 Å². The molecule has 4 aromatic carbocycles. The number of aromatic amines is 4. The molecule has 1 aliphatic rings. The van der Waals surface area contributed by atoms with E-state index in [-0.39, 0.29) is 27.9 Å². The number of aromatic nitrogens is 4. The fourth-order valence-electron chi connectivity index (χ4n) is 7.57. The summed E-state index contributed by atoms with van der Waals surface area (Å²) in [5.74, 6) is -36.4. The van der Waals surface area contributed by atoms with Crippen LogP contribution in [-0.2, 0) is 0 Å². The number of benzene rings is 4. The molecule has 5 heterocycles. The third-order valence-corrected chi connectivity index (χ3v) is 10.5. The Balaban J connectivity index is 1.52. The first-order chi connectivity index (χ1) is 30.4. The molecular weight excluding hydrogens is 883 g/mol. The Morgan fingerprint density at radius 3 is 0.766 bits per heavy atom. The van der Waals surface area contributed by atoms with Crippen LogP contribution in [0.4, 0.5) is 71.5 Å². The summed E-state index contributed by atoms with van der Waals surface area (Å²) >= 11 is 0. The maximum atomic E-state index is 15.8. The van der Waals surface area contributed by atoms with Crippen molar-refractivity contribution in [3.63, 3.8) is 0 Å². The first-order valence-electron chi connectivity index (χ1n) is 18.1. The predicted octanol–water partition coefficient (Wildman–Crippen LogP) is 7.97. The van der Waals surface area contributed by atoms with Crippen LogP contribution in [0.5, 0.6) is 0 Å². The van der Waals surface area contributed by atoms with Crippen molar-refractivity contribution in [2.24, 2.45) is 0 Å². The van der Waals surface area contributed by atoms with Crippen molar-refractivity contribution in [3.05, 3.63) is 226 Å². The van der Waals surface area contributed by atoms with Gasteiger partial charge in [0.05, 0.1) is 16.7 Å². The molecule has 0 atom stereocenters. The molecule has 0 aliphatic carbocycles. The van der Waals surface area contributed by atoms with Gasteiger partial charge in [-0.15, -0.1) is 0 Å². The van der Waals surface area contributed by atoms with Crippen LogP contribution in [0, 0.1) is 87.3 Å². The number of fused-ring (bicyclic) bond motifs is 8. The van der Waals surface area contributed by atoms with Gasteiger partial charge >= 0.3 is 0 Å². The highest BCUT2D eigenvalue weighted by atomic mass is 19.2. The average molecular weight is 902 g/mol. The van der Waals surface area contributed by atoms with Crippen LogP contribution < -0.4 is 27.1 Å². The predicted molar refractivity (Wildman–Crippen MR) is 198 cm³/mol. The van der Waals surface area contributed by atoms with Gasteiger partial charge in [0.1, 0.15) is 0 Å². The van der Waals surface area contributed by atoms with E-state index in [1.165, 1.54) is 36.4 Å². The second kappa shape index (κ2) is 15.0. The van der Waals surface area contributed by atoms with E-state index >= 15 is 26.3 Å². The van der Waals surface area contributed by atoms with Crippen LogP contribution in [0.3, 0.4) is 0 Å². The minimum Gasteiger partial charge on any atom is -0.399 e. The Labute approximate surface area is 345 Å². The molecule has 8 aromatic rings. The zero-order valence-corrected chi connectivity index (χ0v) is 31.2. The summed E-state index contributed by atoms with van der Waals surface area (Å²) < 4.78 is 228. The Kier molecular flexibility index (Phi) is 9.71. The summed E-state index contributed by atoms with van der Waals surface area (Å²) in [7, 11) is 0. The number of nitrogens with two attached hydrogens (primary N) is 1. The van der Waals surface area contributed by atoms with Crippen molar-refractivity contribution in [1.29, 1.82) is 0 Å². The molecule has 5 nitrogen and oxygen atoms in total. The fourth-order valence-corrected chi connectivity index (χ4v) is 7.57. The Morgan fingerprint density at radius 2 is 0.484 bits per heavy atom. The molecule has 0 saturated heterocycles. The second-order valence-electron chi connectivity index (χ2n) is 14.1. The van der Waals surface area contributed by atoms with E-state index in [0.717, 1.165) is 36.4 Å². The molecule has 0 spiro atoms. The minimum absolute atomic E-state index is 0.0259. The van der Waals surface area contributed by atoms with Crippen molar-refractivity contribution >= 4 is 28.0 Å². The molecule has 0 amide bonds. The standard InChI is InChI=1S/C44H18F15N5/c45-30-27(31(46)37(52)42(57)36(30)51)24-17-7-5-15(61-17)23(13-1-3-14(60)4-2-13)16-6-8-18(62-16)25(28-32(47)38(53)43(58)39(54)33(28)48)20-10-12-22(64-20)26(21-11-9-19(24)63-21)29-34(49)40(55)44(59)41(56)35(29)50/h1-12,61-64H,60H2. The highest BCUT2D eigenvalue weighted by Crippen LogP contribution is 2.36. The van der Waals surface area contributed by atoms with Crippen LogP contribution in [0.25, 0.3) is 22.3 Å². The SMILES string of the molecule is Nc1ccc(C2=c3ccc([nH]3)=C(c3c(F)c(F)c(F)c(F)c3F)c3ccc([nH]3)C(c3c(F)c(F)c(F)c(F)c3F)=c3ccc([nH]3)=C(c3c(F)c(F)c(F)c(F)c3F)c3ccc2[nH]3)cc1. The van der Waals surface area contributed by atoms with Gasteiger partial charge in [-0.25, -0.2) is 65.9 Å². The van der Waals surface area contributed by atoms with Gasteiger partial charge in [-0.2, -0.15) is 0 Å². The van der Waals surface area contributed by atoms with Crippen LogP contribution in [0.15, 0.2) is 72.8 Å². The van der Waals surface area contributed by atoms with E-state index in [0.29, 0.717) is 0 Å². The van der Waals surface area contributed by atoms with Crippen LogP contribution in [-0.4, -0.2) is 19.9 Å². The Hall–Kier alpha value is -7.77. The van der Waals surface area contributed by atoms with Gasteiger partial charge in [0.15, 0.2) is 69.8 Å². The number of hydrogen-bond donors (Lipinski definition) is 5. The zero-order chi connectivity index (χ0) is 45.8.